The van der Waals surface area contributed by atoms with Crippen LogP contribution in [-0.2, 0) is 0 Å². The van der Waals surface area contributed by atoms with E-state index in [1.165, 1.54) is 0 Å². The molecule has 2 fully saturated rings. The molecule has 178 valence electrons. The Morgan fingerprint density at radius 3 is 2.33 bits per heavy atom. The van der Waals surface area contributed by atoms with Gasteiger partial charge in [-0.25, -0.2) is 23.5 Å². The maximum Gasteiger partial charge on any atom is 0.408 e. The molecule has 1 amide bonds. The first-order valence-corrected chi connectivity index (χ1v) is 11.0. The number of halogens is 5. The van der Waals surface area contributed by atoms with Crippen molar-refractivity contribution in [3.05, 3.63) is 28.5 Å². The highest BCUT2D eigenvalue weighted by Gasteiger charge is 2.44. The highest BCUT2D eigenvalue weighted by atomic mass is 32.1. The van der Waals surface area contributed by atoms with E-state index in [9.17, 15) is 36.6 Å². The summed E-state index contributed by atoms with van der Waals surface area (Å²) in [5.41, 5.74) is -1.18. The zero-order valence-electron chi connectivity index (χ0n) is 17.2. The Morgan fingerprint density at radius 2 is 1.82 bits per heavy atom. The number of alkyl halides is 5. The monoisotopic (exact) mass is 490 g/mol. The molecule has 1 atom stereocenters. The average Bonchev–Trinajstić information content (AvgIpc) is 3.46. The zero-order chi connectivity index (χ0) is 24.1. The van der Waals surface area contributed by atoms with Crippen LogP contribution >= 0.6 is 11.3 Å². The molecule has 4 rings (SSSR count). The molecule has 33 heavy (non-hydrogen) atoms. The predicted molar refractivity (Wildman–Crippen MR) is 109 cm³/mol. The van der Waals surface area contributed by atoms with Crippen LogP contribution in [0.5, 0.6) is 0 Å². The Balaban J connectivity index is 1.76. The summed E-state index contributed by atoms with van der Waals surface area (Å²) in [5.74, 6) is -2.38. The quantitative estimate of drug-likeness (QED) is 0.556. The second-order valence-corrected chi connectivity index (χ2v) is 9.04. The van der Waals surface area contributed by atoms with Crippen LogP contribution in [0.3, 0.4) is 0 Å². The third-order valence-electron chi connectivity index (χ3n) is 5.97. The Kier molecular flexibility index (Phi) is 6.01. The summed E-state index contributed by atoms with van der Waals surface area (Å²) in [5, 5.41) is 11.0. The molecule has 2 aromatic rings. The molecule has 13 heteroatoms. The number of hydrogen-bond donors (Lipinski definition) is 2. The van der Waals surface area contributed by atoms with Gasteiger partial charge in [-0.1, -0.05) is 0 Å². The molecule has 2 saturated heterocycles. The van der Waals surface area contributed by atoms with E-state index in [-0.39, 0.29) is 28.2 Å². The summed E-state index contributed by atoms with van der Waals surface area (Å²) < 4.78 is 66.3. The molecular formula is C20H19F5N4O3S. The first-order chi connectivity index (χ1) is 15.5. The number of nitrogens with one attached hydrogen (secondary N) is 1. The first-order valence-electron chi connectivity index (χ1n) is 10.2. The minimum atomic E-state index is -4.62. The molecule has 0 spiro atoms. The Hall–Kier alpha value is -2.83. The van der Waals surface area contributed by atoms with Gasteiger partial charge in [-0.15, -0.1) is 11.3 Å². The standard InChI is InChI=1S/C20H19F5N4O3S/c1-8(20(23,24)25)27-13-6-11(16(21)22)12(7-26-13)15-14(28-17(33-15)19(31)32)18(30)29-9-2-3-10(29)5-4-9/h6-10,16H,2-5H2,1H3,(H,26,27)(H,31,32). The Bertz CT molecular complexity index is 1070. The van der Waals surface area contributed by atoms with Gasteiger partial charge in [0.15, 0.2) is 0 Å². The normalized spacial score (nSPS) is 21.0. The summed E-state index contributed by atoms with van der Waals surface area (Å²) in [6.45, 7) is 0.821. The number of amides is 1. The van der Waals surface area contributed by atoms with Gasteiger partial charge in [-0.2, -0.15) is 13.2 Å². The van der Waals surface area contributed by atoms with Gasteiger partial charge in [0.25, 0.3) is 12.3 Å². The number of pyridine rings is 1. The molecule has 0 saturated carbocycles. The largest absolute Gasteiger partial charge is 0.476 e. The van der Waals surface area contributed by atoms with Gasteiger partial charge in [-0.05, 0) is 38.7 Å². The first kappa shape index (κ1) is 23.3. The van der Waals surface area contributed by atoms with Gasteiger partial charge in [0, 0.05) is 29.4 Å². The van der Waals surface area contributed by atoms with Crippen LogP contribution in [0.25, 0.3) is 10.4 Å². The second-order valence-electron chi connectivity index (χ2n) is 8.04. The summed E-state index contributed by atoms with van der Waals surface area (Å²) in [7, 11) is 0. The number of carbonyl (C=O) groups is 2. The highest BCUT2D eigenvalue weighted by molar-refractivity contribution is 7.17. The van der Waals surface area contributed by atoms with E-state index in [2.05, 4.69) is 9.97 Å². The number of rotatable bonds is 6. The molecule has 2 bridgehead atoms. The number of aromatic nitrogens is 2. The van der Waals surface area contributed by atoms with Gasteiger partial charge in [0.2, 0.25) is 5.01 Å². The van der Waals surface area contributed by atoms with Crippen molar-refractivity contribution in [1.82, 2.24) is 14.9 Å². The number of hydrogen-bond acceptors (Lipinski definition) is 6. The Morgan fingerprint density at radius 1 is 1.21 bits per heavy atom. The number of aromatic carboxylic acids is 1. The van der Waals surface area contributed by atoms with Crippen LogP contribution in [0.2, 0.25) is 0 Å². The van der Waals surface area contributed by atoms with Crippen molar-refractivity contribution in [2.45, 2.75) is 63.3 Å². The minimum absolute atomic E-state index is 0.00606. The second kappa shape index (κ2) is 8.50. The van der Waals surface area contributed by atoms with Gasteiger partial charge in [0.05, 0.1) is 4.88 Å². The van der Waals surface area contributed by atoms with Crippen LogP contribution in [0.15, 0.2) is 12.3 Å². The van der Waals surface area contributed by atoms with Crippen molar-refractivity contribution in [1.29, 1.82) is 0 Å². The fourth-order valence-corrected chi connectivity index (χ4v) is 5.26. The van der Waals surface area contributed by atoms with Gasteiger partial charge in [-0.3, -0.25) is 4.79 Å². The third-order valence-corrected chi connectivity index (χ3v) is 7.05. The van der Waals surface area contributed by atoms with Crippen molar-refractivity contribution in [3.63, 3.8) is 0 Å². The molecule has 0 aromatic carbocycles. The molecule has 0 aliphatic carbocycles. The predicted octanol–water partition coefficient (Wildman–Crippen LogP) is 4.97. The number of carboxylic acid groups (broad SMARTS) is 1. The summed E-state index contributed by atoms with van der Waals surface area (Å²) in [6.07, 6.45) is -3.58. The Labute approximate surface area is 188 Å². The van der Waals surface area contributed by atoms with E-state index < -0.39 is 46.9 Å². The number of carboxylic acids is 1. The maximum absolute atomic E-state index is 13.9. The van der Waals surface area contributed by atoms with E-state index in [0.717, 1.165) is 44.9 Å². The van der Waals surface area contributed by atoms with Crippen molar-refractivity contribution in [3.8, 4) is 10.4 Å². The lowest BCUT2D eigenvalue weighted by molar-refractivity contribution is -0.138. The molecule has 2 aliphatic rings. The molecule has 4 heterocycles. The van der Waals surface area contributed by atoms with Crippen LogP contribution in [-0.4, -0.2) is 56.2 Å². The lowest BCUT2D eigenvalue weighted by Gasteiger charge is -2.22. The van der Waals surface area contributed by atoms with Gasteiger partial charge in [0.1, 0.15) is 17.6 Å². The van der Waals surface area contributed by atoms with Gasteiger partial charge < -0.3 is 15.3 Å². The maximum atomic E-state index is 13.9. The third kappa shape index (κ3) is 4.37. The van der Waals surface area contributed by atoms with Gasteiger partial charge >= 0.3 is 12.1 Å². The number of anilines is 1. The summed E-state index contributed by atoms with van der Waals surface area (Å²) >= 11 is 0.554. The smallest absolute Gasteiger partial charge is 0.408 e. The number of carbonyl (C=O) groups excluding carboxylic acids is 1. The topological polar surface area (TPSA) is 95.4 Å². The molecule has 2 N–H and O–H groups in total. The number of fused-ring (bicyclic) bond motifs is 2. The number of thiazole rings is 1. The van der Waals surface area contributed by atoms with Crippen molar-refractivity contribution < 1.29 is 36.6 Å². The van der Waals surface area contributed by atoms with Crippen LogP contribution < -0.4 is 5.32 Å². The molecule has 2 aromatic heterocycles. The van der Waals surface area contributed by atoms with Crippen LogP contribution in [0.4, 0.5) is 27.8 Å². The van der Waals surface area contributed by atoms with Crippen LogP contribution in [0, 0.1) is 0 Å². The highest BCUT2D eigenvalue weighted by Crippen LogP contribution is 2.42. The average molecular weight is 490 g/mol. The van der Waals surface area contributed by atoms with E-state index in [1.807, 2.05) is 5.32 Å². The fraction of sp³-hybridized carbons (Fsp3) is 0.500. The number of nitrogens with zero attached hydrogens (tertiary/aromatic N) is 3. The SMILES string of the molecule is CC(Nc1cc(C(F)F)c(-c2sc(C(=O)O)nc2C(=O)N2C3CCC2CC3)cn1)C(F)(F)F. The van der Waals surface area contributed by atoms with Crippen molar-refractivity contribution >= 4 is 29.0 Å². The summed E-state index contributed by atoms with van der Waals surface area (Å²) in [4.78, 5) is 34.1. The summed E-state index contributed by atoms with van der Waals surface area (Å²) in [6, 6.07) is -1.27. The molecule has 2 aliphatic heterocycles. The lowest BCUT2D eigenvalue weighted by atomic mass is 10.0. The van der Waals surface area contributed by atoms with E-state index in [4.69, 9.17) is 0 Å². The zero-order valence-corrected chi connectivity index (χ0v) is 18.0. The molecule has 1 unspecified atom stereocenters. The lowest BCUT2D eigenvalue weighted by Crippen LogP contribution is -2.35. The fourth-order valence-electron chi connectivity index (χ4n) is 4.33. The van der Waals surface area contributed by atoms with Crippen LogP contribution in [0.1, 0.15) is 64.9 Å². The molecule has 7 nitrogen and oxygen atoms in total. The van der Waals surface area contributed by atoms with E-state index in [1.54, 1.807) is 4.90 Å². The molecule has 0 radical (unpaired) electrons. The van der Waals surface area contributed by atoms with Crippen molar-refractivity contribution in [2.75, 3.05) is 5.32 Å². The molecular weight excluding hydrogens is 471 g/mol. The van der Waals surface area contributed by atoms with E-state index >= 15 is 0 Å². The minimum Gasteiger partial charge on any atom is -0.476 e. The van der Waals surface area contributed by atoms with Crippen molar-refractivity contribution in [2.24, 2.45) is 0 Å². The van der Waals surface area contributed by atoms with E-state index in [0.29, 0.717) is 11.3 Å².